The average Bonchev–Trinajstić information content (AvgIpc) is 2.37. The molecule has 0 spiro atoms. The van der Waals surface area contributed by atoms with E-state index in [1.807, 2.05) is 18.2 Å². The molecule has 1 fully saturated rings. The fourth-order valence-electron chi connectivity index (χ4n) is 2.26. The van der Waals surface area contributed by atoms with E-state index in [4.69, 9.17) is 0 Å². The van der Waals surface area contributed by atoms with Gasteiger partial charge in [-0.05, 0) is 22.0 Å². The van der Waals surface area contributed by atoms with Gasteiger partial charge in [-0.3, -0.25) is 9.59 Å². The molecule has 0 radical (unpaired) electrons. The van der Waals surface area contributed by atoms with Crippen LogP contribution in [0.4, 0.5) is 0 Å². The number of amides is 1. The second kappa shape index (κ2) is 5.38. The molecule has 0 atom stereocenters. The highest BCUT2D eigenvalue weighted by Gasteiger charge is 2.19. The molecule has 3 N–H and O–H groups in total. The molecule has 0 saturated carbocycles. The van der Waals surface area contributed by atoms with Crippen LogP contribution < -0.4 is 16.2 Å². The summed E-state index contributed by atoms with van der Waals surface area (Å²) in [5.41, 5.74) is 0.785. The number of rotatable bonds is 3. The Kier molecular flexibility index (Phi) is 3.58. The lowest BCUT2D eigenvalue weighted by Crippen LogP contribution is -2.48. The van der Waals surface area contributed by atoms with Gasteiger partial charge in [0.25, 0.3) is 5.91 Å². The summed E-state index contributed by atoms with van der Waals surface area (Å²) in [7, 11) is 0. The molecule has 1 amide bonds. The van der Waals surface area contributed by atoms with Gasteiger partial charge in [0.2, 0.25) is 5.56 Å². The van der Waals surface area contributed by atoms with Gasteiger partial charge in [0.05, 0.1) is 11.1 Å². The van der Waals surface area contributed by atoms with E-state index in [0.717, 1.165) is 22.9 Å². The van der Waals surface area contributed by atoms with Crippen molar-refractivity contribution in [2.24, 2.45) is 5.92 Å². The maximum Gasteiger partial charge on any atom is 0.252 e. The van der Waals surface area contributed by atoms with Crippen molar-refractivity contribution in [3.8, 4) is 0 Å². The van der Waals surface area contributed by atoms with Crippen molar-refractivity contribution in [3.05, 3.63) is 44.7 Å². The molecular weight excluding hydrogens is 322 g/mol. The lowest BCUT2D eigenvalue weighted by Gasteiger charge is -2.27. The molecule has 2 aromatic rings. The van der Waals surface area contributed by atoms with Crippen LogP contribution in [0.15, 0.2) is 33.5 Å². The molecule has 2 heterocycles. The maximum absolute atomic E-state index is 12.3. The van der Waals surface area contributed by atoms with Crippen LogP contribution >= 0.6 is 15.9 Å². The van der Waals surface area contributed by atoms with Crippen molar-refractivity contribution < 1.29 is 4.79 Å². The minimum absolute atomic E-state index is 0.203. The molecule has 1 aliphatic heterocycles. The number of benzene rings is 1. The summed E-state index contributed by atoms with van der Waals surface area (Å²) >= 11 is 3.39. The molecule has 1 aromatic heterocycles. The number of aromatic amines is 1. The van der Waals surface area contributed by atoms with Crippen molar-refractivity contribution >= 4 is 32.7 Å². The van der Waals surface area contributed by atoms with Gasteiger partial charge in [-0.2, -0.15) is 0 Å². The molecule has 5 nitrogen and oxygen atoms in total. The first-order chi connectivity index (χ1) is 9.65. The predicted octanol–water partition coefficient (Wildman–Crippen LogP) is 1.24. The molecular formula is C14H14BrN3O2. The minimum atomic E-state index is -0.278. The maximum atomic E-state index is 12.3. The largest absolute Gasteiger partial charge is 0.352 e. The van der Waals surface area contributed by atoms with E-state index < -0.39 is 0 Å². The number of H-pyrrole nitrogens is 1. The van der Waals surface area contributed by atoms with Crippen molar-refractivity contribution in [1.29, 1.82) is 0 Å². The summed E-state index contributed by atoms with van der Waals surface area (Å²) in [6.45, 7) is 2.50. The number of fused-ring (bicyclic) bond motifs is 1. The summed E-state index contributed by atoms with van der Waals surface area (Å²) in [6.07, 6.45) is 0. The van der Waals surface area contributed by atoms with Crippen molar-refractivity contribution in [3.63, 3.8) is 0 Å². The second-order valence-corrected chi connectivity index (χ2v) is 5.80. The van der Waals surface area contributed by atoms with E-state index in [-0.39, 0.29) is 11.5 Å². The van der Waals surface area contributed by atoms with E-state index >= 15 is 0 Å². The molecule has 1 aliphatic rings. The zero-order chi connectivity index (χ0) is 14.1. The van der Waals surface area contributed by atoms with Gasteiger partial charge in [-0.15, -0.1) is 0 Å². The van der Waals surface area contributed by atoms with E-state index in [9.17, 15) is 9.59 Å². The molecule has 104 valence electrons. The molecule has 1 aromatic carbocycles. The second-order valence-electron chi connectivity index (χ2n) is 4.94. The summed E-state index contributed by atoms with van der Waals surface area (Å²) < 4.78 is 0.768. The third-order valence-corrected chi connectivity index (χ3v) is 4.15. The molecule has 1 saturated heterocycles. The lowest BCUT2D eigenvalue weighted by atomic mass is 10.0. The summed E-state index contributed by atoms with van der Waals surface area (Å²) in [4.78, 5) is 26.7. The molecule has 0 unspecified atom stereocenters. The van der Waals surface area contributed by atoms with E-state index in [2.05, 4.69) is 31.5 Å². The minimum Gasteiger partial charge on any atom is -0.352 e. The first-order valence-corrected chi connectivity index (χ1v) is 7.25. The molecule has 0 bridgehead atoms. The number of pyridine rings is 1. The van der Waals surface area contributed by atoms with Gasteiger partial charge in [-0.25, -0.2) is 0 Å². The summed E-state index contributed by atoms with van der Waals surface area (Å²) in [5, 5.41) is 6.79. The number of carbonyl (C=O) groups is 1. The summed E-state index contributed by atoms with van der Waals surface area (Å²) in [5.74, 6) is 0.282. The standard InChI is InChI=1S/C14H14BrN3O2/c15-11-3-1-2-9-10(4-12(19)18-13(9)11)14(20)17-7-8-5-16-6-8/h1-4,8,16H,5-7H2,(H,17,20)(H,18,19). The third kappa shape index (κ3) is 2.48. The van der Waals surface area contributed by atoms with E-state index in [1.165, 1.54) is 6.07 Å². The Labute approximate surface area is 123 Å². The van der Waals surface area contributed by atoms with E-state index in [0.29, 0.717) is 23.5 Å². The fourth-order valence-corrected chi connectivity index (χ4v) is 2.72. The quantitative estimate of drug-likeness (QED) is 0.790. The number of hydrogen-bond acceptors (Lipinski definition) is 3. The Balaban J connectivity index is 1.95. The number of carbonyl (C=O) groups excluding carboxylic acids is 1. The Bertz CT molecular complexity index is 722. The van der Waals surface area contributed by atoms with Crippen LogP contribution in [-0.4, -0.2) is 30.5 Å². The molecule has 20 heavy (non-hydrogen) atoms. The van der Waals surface area contributed by atoms with E-state index in [1.54, 1.807) is 0 Å². The number of hydrogen-bond donors (Lipinski definition) is 3. The zero-order valence-electron chi connectivity index (χ0n) is 10.7. The lowest BCUT2D eigenvalue weighted by molar-refractivity contribution is 0.0943. The van der Waals surface area contributed by atoms with Crippen LogP contribution in [0.5, 0.6) is 0 Å². The predicted molar refractivity (Wildman–Crippen MR) is 81.0 cm³/mol. The smallest absolute Gasteiger partial charge is 0.252 e. The van der Waals surface area contributed by atoms with Gasteiger partial charge in [0.1, 0.15) is 0 Å². The highest BCUT2D eigenvalue weighted by molar-refractivity contribution is 9.10. The van der Waals surface area contributed by atoms with Crippen LogP contribution in [0.2, 0.25) is 0 Å². The normalized spacial score (nSPS) is 15.1. The van der Waals surface area contributed by atoms with Crippen molar-refractivity contribution in [2.45, 2.75) is 0 Å². The van der Waals surface area contributed by atoms with Gasteiger partial charge in [0.15, 0.2) is 0 Å². The molecule has 0 aliphatic carbocycles. The summed E-state index contributed by atoms with van der Waals surface area (Å²) in [6, 6.07) is 6.86. The average molecular weight is 336 g/mol. The first-order valence-electron chi connectivity index (χ1n) is 6.45. The first kappa shape index (κ1) is 13.3. The van der Waals surface area contributed by atoms with Crippen LogP contribution in [-0.2, 0) is 0 Å². The Morgan fingerprint density at radius 1 is 1.40 bits per heavy atom. The number of para-hydroxylation sites is 1. The van der Waals surface area contributed by atoms with Crippen LogP contribution in [0.25, 0.3) is 10.9 Å². The Hall–Kier alpha value is -1.66. The van der Waals surface area contributed by atoms with Crippen molar-refractivity contribution in [1.82, 2.24) is 15.6 Å². The van der Waals surface area contributed by atoms with Crippen LogP contribution in [0, 0.1) is 5.92 Å². The fraction of sp³-hybridized carbons (Fsp3) is 0.286. The zero-order valence-corrected chi connectivity index (χ0v) is 12.3. The molecule has 6 heteroatoms. The van der Waals surface area contributed by atoms with Crippen LogP contribution in [0.3, 0.4) is 0 Å². The number of aromatic nitrogens is 1. The Morgan fingerprint density at radius 2 is 2.20 bits per heavy atom. The number of halogens is 1. The van der Waals surface area contributed by atoms with Gasteiger partial charge in [-0.1, -0.05) is 12.1 Å². The number of nitrogens with one attached hydrogen (secondary N) is 3. The van der Waals surface area contributed by atoms with Gasteiger partial charge in [0, 0.05) is 41.5 Å². The highest BCUT2D eigenvalue weighted by atomic mass is 79.9. The Morgan fingerprint density at radius 3 is 2.90 bits per heavy atom. The molecule has 3 rings (SSSR count). The third-order valence-electron chi connectivity index (χ3n) is 3.49. The van der Waals surface area contributed by atoms with Gasteiger partial charge >= 0.3 is 0 Å². The van der Waals surface area contributed by atoms with Gasteiger partial charge < -0.3 is 15.6 Å². The van der Waals surface area contributed by atoms with Crippen molar-refractivity contribution in [2.75, 3.05) is 19.6 Å². The SMILES string of the molecule is O=C(NCC1CNC1)c1cc(=O)[nH]c2c(Br)cccc12. The van der Waals surface area contributed by atoms with Crippen LogP contribution in [0.1, 0.15) is 10.4 Å². The topological polar surface area (TPSA) is 74.0 Å². The highest BCUT2D eigenvalue weighted by Crippen LogP contribution is 2.23. The monoisotopic (exact) mass is 335 g/mol.